The van der Waals surface area contributed by atoms with E-state index in [2.05, 4.69) is 23.5 Å². The van der Waals surface area contributed by atoms with Crippen LogP contribution in [0.25, 0.3) is 11.0 Å². The van der Waals surface area contributed by atoms with E-state index in [4.69, 9.17) is 4.74 Å². The van der Waals surface area contributed by atoms with Crippen LogP contribution < -0.4 is 0 Å². The Morgan fingerprint density at radius 1 is 1.26 bits per heavy atom. The Balaban J connectivity index is 1.41. The molecule has 1 N–H and O–H groups in total. The SMILES string of the molecule is C=CCCCCOC(=O)[C@@H]1[C@@H]2CCC3(S2)C(C(=O)N(CC=C)Cn2nnc4ccccc42)N(CCO)C(=O)[C@H]13. The van der Waals surface area contributed by atoms with Crippen molar-refractivity contribution in [2.45, 2.75) is 54.8 Å². The van der Waals surface area contributed by atoms with Gasteiger partial charge in [0.05, 0.1) is 35.3 Å². The minimum absolute atomic E-state index is 0.0240. The average molecular weight is 554 g/mol. The number of allylic oxidation sites excluding steroid dienone is 1. The second kappa shape index (κ2) is 11.5. The quantitative estimate of drug-likeness (QED) is 0.228. The van der Waals surface area contributed by atoms with E-state index in [9.17, 15) is 19.5 Å². The molecule has 39 heavy (non-hydrogen) atoms. The number of aliphatic hydroxyl groups excluding tert-OH is 1. The molecule has 2 amide bonds. The van der Waals surface area contributed by atoms with Gasteiger partial charge in [-0.25, -0.2) is 4.68 Å². The third kappa shape index (κ3) is 4.75. The molecule has 3 saturated heterocycles. The Labute approximate surface area is 232 Å². The third-order valence-corrected chi connectivity index (χ3v) is 10.0. The van der Waals surface area contributed by atoms with Crippen molar-refractivity contribution in [1.29, 1.82) is 0 Å². The molecule has 0 saturated carbocycles. The normalized spacial score (nSPS) is 27.1. The number of nitrogens with zero attached hydrogens (tertiary/aromatic N) is 5. The summed E-state index contributed by atoms with van der Waals surface area (Å²) in [5, 5.41) is 18.2. The van der Waals surface area contributed by atoms with Crippen LogP contribution in [0.4, 0.5) is 0 Å². The fourth-order valence-electron chi connectivity index (χ4n) is 6.44. The van der Waals surface area contributed by atoms with Crippen LogP contribution in [0.1, 0.15) is 32.1 Å². The van der Waals surface area contributed by atoms with E-state index < -0.39 is 22.6 Å². The van der Waals surface area contributed by atoms with Gasteiger partial charge < -0.3 is 19.6 Å². The number of aliphatic hydroxyl groups is 1. The molecule has 0 aliphatic carbocycles. The lowest BCUT2D eigenvalue weighted by Gasteiger charge is -2.37. The molecule has 10 nitrogen and oxygen atoms in total. The number of thioether (sulfide) groups is 1. The van der Waals surface area contributed by atoms with Crippen LogP contribution in [0.15, 0.2) is 49.6 Å². The first-order valence-corrected chi connectivity index (χ1v) is 14.4. The van der Waals surface area contributed by atoms with Gasteiger partial charge in [-0.05, 0) is 44.2 Å². The third-order valence-electron chi connectivity index (χ3n) is 8.08. The number of carbonyl (C=O) groups is 3. The Bertz CT molecular complexity index is 1270. The van der Waals surface area contributed by atoms with Crippen molar-refractivity contribution in [2.24, 2.45) is 11.8 Å². The van der Waals surface area contributed by atoms with Crippen molar-refractivity contribution >= 4 is 40.6 Å². The summed E-state index contributed by atoms with van der Waals surface area (Å²) < 4.78 is 6.54. The lowest BCUT2D eigenvalue weighted by atomic mass is 9.71. The van der Waals surface area contributed by atoms with E-state index in [1.54, 1.807) is 27.4 Å². The molecular weight excluding hydrogens is 518 g/mol. The smallest absolute Gasteiger partial charge is 0.310 e. The highest BCUT2D eigenvalue weighted by atomic mass is 32.2. The van der Waals surface area contributed by atoms with Gasteiger partial charge in [0.15, 0.2) is 0 Å². The maximum atomic E-state index is 14.3. The first kappa shape index (κ1) is 27.4. The van der Waals surface area contributed by atoms with Gasteiger partial charge in [-0.2, -0.15) is 0 Å². The summed E-state index contributed by atoms with van der Waals surface area (Å²) in [5.74, 6) is -2.11. The second-order valence-corrected chi connectivity index (χ2v) is 11.9. The number of rotatable bonds is 13. The standard InChI is InChI=1S/C28H35N5O5S/c1-3-5-6-9-17-38-27(37)22-21-12-13-28(39-21)23(22)25(35)32(15-16-34)24(28)26(36)31(14-4-2)18-33-20-11-8-7-10-19(20)29-30-33/h3-4,7-8,10-11,21-24,34H,1-2,5-6,9,12-18H2/t21-,22+,23-,24?,28?/m0/s1. The summed E-state index contributed by atoms with van der Waals surface area (Å²) in [6.45, 7) is 7.97. The summed E-state index contributed by atoms with van der Waals surface area (Å²) in [7, 11) is 0. The van der Waals surface area contributed by atoms with Gasteiger partial charge in [-0.3, -0.25) is 14.4 Å². The predicted molar refractivity (Wildman–Crippen MR) is 147 cm³/mol. The van der Waals surface area contributed by atoms with Gasteiger partial charge in [0, 0.05) is 18.3 Å². The number of carbonyl (C=O) groups excluding carboxylic acids is 3. The molecule has 3 aliphatic heterocycles. The molecular formula is C28H35N5O5S. The number of benzene rings is 1. The van der Waals surface area contributed by atoms with Crippen LogP contribution in [0.2, 0.25) is 0 Å². The summed E-state index contributed by atoms with van der Waals surface area (Å²) >= 11 is 1.58. The lowest BCUT2D eigenvalue weighted by Crippen LogP contribution is -2.55. The molecule has 1 spiro atoms. The van der Waals surface area contributed by atoms with Gasteiger partial charge in [0.25, 0.3) is 0 Å². The first-order chi connectivity index (χ1) is 19.0. The Hall–Kier alpha value is -3.18. The topological polar surface area (TPSA) is 118 Å². The van der Waals surface area contributed by atoms with E-state index in [1.807, 2.05) is 30.3 Å². The van der Waals surface area contributed by atoms with Crippen LogP contribution >= 0.6 is 11.8 Å². The van der Waals surface area contributed by atoms with Crippen LogP contribution in [-0.2, 0) is 25.8 Å². The number of β-amino-alcohol motifs (C(OH)–C–C–N with tert-alkyl or cyclic N) is 1. The molecule has 1 aromatic carbocycles. The molecule has 5 rings (SSSR count). The van der Waals surface area contributed by atoms with Crippen LogP contribution in [0.5, 0.6) is 0 Å². The Morgan fingerprint density at radius 2 is 2.08 bits per heavy atom. The molecule has 0 radical (unpaired) electrons. The minimum atomic E-state index is -0.808. The van der Waals surface area contributed by atoms with Gasteiger partial charge in [0.2, 0.25) is 11.8 Å². The molecule has 2 unspecified atom stereocenters. The number of fused-ring (bicyclic) bond motifs is 2. The summed E-state index contributed by atoms with van der Waals surface area (Å²) in [6.07, 6.45) is 7.33. The number of ether oxygens (including phenoxy) is 1. The molecule has 208 valence electrons. The van der Waals surface area contributed by atoms with Gasteiger partial charge in [-0.15, -0.1) is 30.0 Å². The van der Waals surface area contributed by atoms with Crippen LogP contribution in [0, 0.1) is 11.8 Å². The van der Waals surface area contributed by atoms with E-state index >= 15 is 0 Å². The van der Waals surface area contributed by atoms with E-state index in [0.29, 0.717) is 13.0 Å². The number of aromatic nitrogens is 3. The minimum Gasteiger partial charge on any atom is -0.465 e. The monoisotopic (exact) mass is 553 g/mol. The lowest BCUT2D eigenvalue weighted by molar-refractivity contribution is -0.154. The number of amides is 2. The molecule has 3 aliphatic rings. The van der Waals surface area contributed by atoms with Crippen molar-refractivity contribution in [3.63, 3.8) is 0 Å². The van der Waals surface area contributed by atoms with E-state index in [1.165, 1.54) is 4.90 Å². The van der Waals surface area contributed by atoms with Crippen molar-refractivity contribution in [3.05, 3.63) is 49.6 Å². The number of esters is 1. The average Bonchev–Trinajstić information content (AvgIpc) is 3.68. The maximum absolute atomic E-state index is 14.3. The molecule has 4 heterocycles. The highest BCUT2D eigenvalue weighted by Gasteiger charge is 2.74. The van der Waals surface area contributed by atoms with E-state index in [0.717, 1.165) is 36.7 Å². The fraction of sp³-hybridized carbons (Fsp3) is 0.536. The van der Waals surface area contributed by atoms with Crippen molar-refractivity contribution < 1.29 is 24.2 Å². The zero-order chi connectivity index (χ0) is 27.6. The fourth-order valence-corrected chi connectivity index (χ4v) is 8.64. The zero-order valence-electron chi connectivity index (χ0n) is 22.0. The number of likely N-dealkylation sites (tertiary alicyclic amines) is 1. The van der Waals surface area contributed by atoms with Crippen molar-refractivity contribution in [3.8, 4) is 0 Å². The Kier molecular flexibility index (Phi) is 8.08. The maximum Gasteiger partial charge on any atom is 0.310 e. The molecule has 1 aromatic heterocycles. The largest absolute Gasteiger partial charge is 0.465 e. The predicted octanol–water partition coefficient (Wildman–Crippen LogP) is 2.39. The highest BCUT2D eigenvalue weighted by Crippen LogP contribution is 2.66. The number of hydrogen-bond acceptors (Lipinski definition) is 8. The van der Waals surface area contributed by atoms with Crippen molar-refractivity contribution in [2.75, 3.05) is 26.3 Å². The van der Waals surface area contributed by atoms with Gasteiger partial charge >= 0.3 is 5.97 Å². The van der Waals surface area contributed by atoms with Crippen molar-refractivity contribution in [1.82, 2.24) is 24.8 Å². The number of hydrogen-bond donors (Lipinski definition) is 1. The summed E-state index contributed by atoms with van der Waals surface area (Å²) in [4.78, 5) is 44.5. The molecule has 5 atom stereocenters. The molecule has 3 fully saturated rings. The van der Waals surface area contributed by atoms with Gasteiger partial charge in [-0.1, -0.05) is 29.5 Å². The molecule has 2 aromatic rings. The highest BCUT2D eigenvalue weighted by molar-refractivity contribution is 8.02. The molecule has 11 heteroatoms. The van der Waals surface area contributed by atoms with Crippen LogP contribution in [-0.4, -0.2) is 90.0 Å². The van der Waals surface area contributed by atoms with Gasteiger partial charge in [0.1, 0.15) is 18.2 Å². The summed E-state index contributed by atoms with van der Waals surface area (Å²) in [5.41, 5.74) is 1.51. The first-order valence-electron chi connectivity index (χ1n) is 13.5. The van der Waals surface area contributed by atoms with E-state index in [-0.39, 0.29) is 49.4 Å². The van der Waals surface area contributed by atoms with Crippen LogP contribution in [0.3, 0.4) is 0 Å². The number of unbranched alkanes of at least 4 members (excludes halogenated alkanes) is 2. The summed E-state index contributed by atoms with van der Waals surface area (Å²) in [6, 6.07) is 6.70. The molecule has 2 bridgehead atoms. The zero-order valence-corrected chi connectivity index (χ0v) is 22.8. The number of para-hydroxylation sites is 1. The Morgan fingerprint density at radius 3 is 2.85 bits per heavy atom. The second-order valence-electron chi connectivity index (χ2n) is 10.3.